The number of nitrogens with one attached hydrogen (secondary N) is 1. The quantitative estimate of drug-likeness (QED) is 0.816. The summed E-state index contributed by atoms with van der Waals surface area (Å²) in [7, 11) is 2.04. The maximum Gasteiger partial charge on any atom is 0.325 e. The molecule has 1 spiro atoms. The predicted molar refractivity (Wildman–Crippen MR) is 99.8 cm³/mol. The minimum Gasteiger partial charge on any atom is -0.332 e. The Morgan fingerprint density at radius 3 is 2.56 bits per heavy atom. The van der Waals surface area contributed by atoms with Crippen molar-refractivity contribution in [3.63, 3.8) is 0 Å². The largest absolute Gasteiger partial charge is 0.332 e. The minimum atomic E-state index is -0.766. The highest BCUT2D eigenvalue weighted by Gasteiger charge is 2.53. The molecule has 0 radical (unpaired) electrons. The summed E-state index contributed by atoms with van der Waals surface area (Å²) in [5.74, 6) is -0.403. The Balaban J connectivity index is 1.51. The van der Waals surface area contributed by atoms with Crippen LogP contribution in [0, 0.1) is 0 Å². The second kappa shape index (κ2) is 6.96. The van der Waals surface area contributed by atoms with Crippen molar-refractivity contribution in [3.8, 4) is 0 Å². The van der Waals surface area contributed by atoms with E-state index in [4.69, 9.17) is 0 Å². The number of hydrogen-bond donors (Lipinski definition) is 1. The van der Waals surface area contributed by atoms with Crippen LogP contribution in [0.5, 0.6) is 0 Å². The van der Waals surface area contributed by atoms with Crippen molar-refractivity contribution in [2.45, 2.75) is 37.3 Å². The number of carbonyl (C=O) groups excluding carboxylic acids is 3. The van der Waals surface area contributed by atoms with Crippen LogP contribution in [0.2, 0.25) is 0 Å². The highest BCUT2D eigenvalue weighted by molar-refractivity contribution is 6.09. The van der Waals surface area contributed by atoms with Gasteiger partial charge < -0.3 is 15.1 Å². The lowest BCUT2D eigenvalue weighted by Gasteiger charge is -2.40. The first-order chi connectivity index (χ1) is 13.0. The summed E-state index contributed by atoms with van der Waals surface area (Å²) < 4.78 is 0. The van der Waals surface area contributed by atoms with Crippen LogP contribution in [-0.2, 0) is 9.59 Å². The lowest BCUT2D eigenvalue weighted by molar-refractivity contribution is -0.142. The van der Waals surface area contributed by atoms with Gasteiger partial charge in [-0.25, -0.2) is 4.79 Å². The van der Waals surface area contributed by atoms with E-state index in [-0.39, 0.29) is 24.4 Å². The third-order valence-electron chi connectivity index (χ3n) is 6.08. The number of benzene rings is 1. The van der Waals surface area contributed by atoms with E-state index in [1.807, 2.05) is 42.3 Å². The fraction of sp³-hybridized carbons (Fsp3) is 0.550. The molecule has 2 saturated heterocycles. The lowest BCUT2D eigenvalue weighted by Crippen LogP contribution is -2.52. The topological polar surface area (TPSA) is 73.0 Å². The highest BCUT2D eigenvalue weighted by atomic mass is 16.2. The van der Waals surface area contributed by atoms with Crippen molar-refractivity contribution < 1.29 is 14.4 Å². The summed E-state index contributed by atoms with van der Waals surface area (Å²) in [6.07, 6.45) is 3.21. The number of nitrogens with zero attached hydrogens (tertiary/aromatic N) is 3. The first-order valence-electron chi connectivity index (χ1n) is 9.67. The van der Waals surface area contributed by atoms with E-state index in [1.165, 1.54) is 0 Å². The number of hydrogen-bond acceptors (Lipinski definition) is 4. The van der Waals surface area contributed by atoms with E-state index in [0.29, 0.717) is 19.4 Å². The van der Waals surface area contributed by atoms with Gasteiger partial charge in [-0.15, -0.1) is 0 Å². The van der Waals surface area contributed by atoms with Crippen molar-refractivity contribution in [2.24, 2.45) is 0 Å². The molecule has 1 saturated carbocycles. The standard InChI is InChI=1S/C20H26N4O3/c1-22-11-12-23(16(13-22)15-7-3-2-4-8-15)17(25)14-24-18(26)20(21-19(24)27)9-5-6-10-20/h2-4,7-8,16H,5-6,9-14H2,1H3,(H,21,27). The van der Waals surface area contributed by atoms with E-state index >= 15 is 0 Å². The molecular weight excluding hydrogens is 344 g/mol. The third-order valence-corrected chi connectivity index (χ3v) is 6.08. The van der Waals surface area contributed by atoms with E-state index in [9.17, 15) is 14.4 Å². The van der Waals surface area contributed by atoms with Crippen LogP contribution < -0.4 is 5.32 Å². The fourth-order valence-corrected chi connectivity index (χ4v) is 4.54. The second-order valence-corrected chi connectivity index (χ2v) is 7.89. The Morgan fingerprint density at radius 2 is 1.85 bits per heavy atom. The van der Waals surface area contributed by atoms with Gasteiger partial charge in [-0.05, 0) is 25.5 Å². The molecule has 1 unspecified atom stereocenters. The molecule has 7 nitrogen and oxygen atoms in total. The Morgan fingerprint density at radius 1 is 1.15 bits per heavy atom. The van der Waals surface area contributed by atoms with Crippen LogP contribution in [0.4, 0.5) is 4.79 Å². The van der Waals surface area contributed by atoms with E-state index < -0.39 is 11.6 Å². The van der Waals surface area contributed by atoms with Gasteiger partial charge in [0.25, 0.3) is 5.91 Å². The van der Waals surface area contributed by atoms with Crippen LogP contribution in [0.3, 0.4) is 0 Å². The minimum absolute atomic E-state index is 0.0707. The van der Waals surface area contributed by atoms with Crippen LogP contribution in [0.25, 0.3) is 0 Å². The molecule has 1 aliphatic carbocycles. The molecule has 1 atom stereocenters. The van der Waals surface area contributed by atoms with Gasteiger partial charge in [0.15, 0.2) is 0 Å². The first kappa shape index (κ1) is 18.0. The van der Waals surface area contributed by atoms with Gasteiger partial charge in [-0.1, -0.05) is 43.2 Å². The van der Waals surface area contributed by atoms with Gasteiger partial charge in [0.1, 0.15) is 12.1 Å². The summed E-state index contributed by atoms with van der Waals surface area (Å²) in [5.41, 5.74) is 0.306. The van der Waals surface area contributed by atoms with Gasteiger partial charge in [-0.3, -0.25) is 14.5 Å². The van der Waals surface area contributed by atoms with Gasteiger partial charge in [0.2, 0.25) is 5.91 Å². The second-order valence-electron chi connectivity index (χ2n) is 7.89. The lowest BCUT2D eigenvalue weighted by atomic mass is 9.98. The Labute approximate surface area is 159 Å². The number of piperazine rings is 1. The molecule has 1 N–H and O–H groups in total. The molecule has 27 heavy (non-hydrogen) atoms. The average Bonchev–Trinajstić information content (AvgIpc) is 3.23. The molecule has 7 heteroatoms. The zero-order valence-corrected chi connectivity index (χ0v) is 15.7. The molecule has 144 valence electrons. The molecule has 2 aliphatic heterocycles. The third kappa shape index (κ3) is 3.20. The van der Waals surface area contributed by atoms with Crippen molar-refractivity contribution in [3.05, 3.63) is 35.9 Å². The number of imide groups is 1. The summed E-state index contributed by atoms with van der Waals surface area (Å²) in [6, 6.07) is 9.42. The van der Waals surface area contributed by atoms with E-state index in [2.05, 4.69) is 10.2 Å². The zero-order chi connectivity index (χ0) is 19.0. The highest BCUT2D eigenvalue weighted by Crippen LogP contribution is 2.35. The predicted octanol–water partition coefficient (Wildman–Crippen LogP) is 1.37. The number of urea groups is 1. The number of rotatable bonds is 3. The molecule has 0 aromatic heterocycles. The summed E-state index contributed by atoms with van der Waals surface area (Å²) in [5, 5.41) is 2.85. The average molecular weight is 370 g/mol. The van der Waals surface area contributed by atoms with Crippen molar-refractivity contribution in [2.75, 3.05) is 33.2 Å². The molecule has 3 aliphatic rings. The molecule has 4 amide bonds. The Kier molecular flexibility index (Phi) is 4.63. The van der Waals surface area contributed by atoms with Crippen LogP contribution in [0.1, 0.15) is 37.3 Å². The summed E-state index contributed by atoms with van der Waals surface area (Å²) >= 11 is 0. The maximum atomic E-state index is 13.1. The molecule has 1 aromatic rings. The van der Waals surface area contributed by atoms with Crippen LogP contribution >= 0.6 is 0 Å². The number of amides is 4. The smallest absolute Gasteiger partial charge is 0.325 e. The van der Waals surface area contributed by atoms with Crippen molar-refractivity contribution in [1.82, 2.24) is 20.0 Å². The summed E-state index contributed by atoms with van der Waals surface area (Å²) in [4.78, 5) is 43.4. The maximum absolute atomic E-state index is 13.1. The van der Waals surface area contributed by atoms with Gasteiger partial charge in [-0.2, -0.15) is 0 Å². The monoisotopic (exact) mass is 370 g/mol. The Bertz CT molecular complexity index is 745. The molecule has 4 rings (SSSR count). The van der Waals surface area contributed by atoms with Gasteiger partial charge in [0, 0.05) is 19.6 Å². The first-order valence-corrected chi connectivity index (χ1v) is 9.67. The van der Waals surface area contributed by atoms with Crippen LogP contribution in [0.15, 0.2) is 30.3 Å². The van der Waals surface area contributed by atoms with E-state index in [1.54, 1.807) is 0 Å². The molecule has 1 aromatic carbocycles. The van der Waals surface area contributed by atoms with Crippen molar-refractivity contribution >= 4 is 17.8 Å². The fourth-order valence-electron chi connectivity index (χ4n) is 4.54. The van der Waals surface area contributed by atoms with Crippen molar-refractivity contribution in [1.29, 1.82) is 0 Å². The molecular formula is C20H26N4O3. The summed E-state index contributed by atoms with van der Waals surface area (Å²) in [6.45, 7) is 1.92. The normalized spacial score (nSPS) is 25.3. The molecule has 3 fully saturated rings. The molecule has 0 bridgehead atoms. The molecule has 2 heterocycles. The van der Waals surface area contributed by atoms with E-state index in [0.717, 1.165) is 36.4 Å². The van der Waals surface area contributed by atoms with Gasteiger partial charge in [0.05, 0.1) is 6.04 Å². The zero-order valence-electron chi connectivity index (χ0n) is 15.7. The number of likely N-dealkylation sites (N-methyl/N-ethyl adjacent to an activating group) is 1. The Hall–Kier alpha value is -2.41. The number of carbonyl (C=O) groups is 3. The van der Waals surface area contributed by atoms with Crippen LogP contribution in [-0.4, -0.2) is 71.3 Å². The van der Waals surface area contributed by atoms with Gasteiger partial charge >= 0.3 is 6.03 Å². The SMILES string of the molecule is CN1CCN(C(=O)CN2C(=O)NC3(CCCC3)C2=O)C(c2ccccc2)C1.